The maximum atomic E-state index is 11.2. The predicted octanol–water partition coefficient (Wildman–Crippen LogP) is 1.92. The fraction of sp³-hybridized carbons (Fsp3) is 0.684. The molecule has 0 spiro atoms. The Bertz CT molecular complexity index is 696. The molecule has 4 N–H and O–H groups in total. The van der Waals surface area contributed by atoms with Crippen LogP contribution in [-0.2, 0) is 4.79 Å². The highest BCUT2D eigenvalue weighted by atomic mass is 16.3. The van der Waals surface area contributed by atoms with Gasteiger partial charge in [0.15, 0.2) is 0 Å². The van der Waals surface area contributed by atoms with Gasteiger partial charge in [0.25, 0.3) is 0 Å². The van der Waals surface area contributed by atoms with E-state index in [2.05, 4.69) is 32.0 Å². The van der Waals surface area contributed by atoms with E-state index in [1.165, 1.54) is 0 Å². The van der Waals surface area contributed by atoms with E-state index in [4.69, 9.17) is 0 Å². The molecule has 2 atom stereocenters. The molecule has 27 heavy (non-hydrogen) atoms. The Morgan fingerprint density at radius 3 is 2.56 bits per heavy atom. The quantitative estimate of drug-likeness (QED) is 0.622. The number of aliphatic hydroxyl groups excluding tert-OH is 1. The lowest BCUT2D eigenvalue weighted by atomic mass is 9.91. The summed E-state index contributed by atoms with van der Waals surface area (Å²) in [6.07, 6.45) is 8.41. The molecule has 1 aromatic heterocycles. The molecule has 8 nitrogen and oxygen atoms in total. The molecule has 0 aliphatic heterocycles. The number of rotatable bonds is 5. The van der Waals surface area contributed by atoms with Crippen molar-refractivity contribution < 1.29 is 9.90 Å². The molecule has 0 radical (unpaired) electrons. The number of aromatic nitrogens is 2. The van der Waals surface area contributed by atoms with Crippen LogP contribution in [0.1, 0.15) is 63.9 Å². The highest BCUT2D eigenvalue weighted by molar-refractivity contribution is 5.73. The first-order chi connectivity index (χ1) is 13.0. The van der Waals surface area contributed by atoms with Gasteiger partial charge in [0, 0.05) is 25.0 Å². The Kier molecular flexibility index (Phi) is 6.45. The van der Waals surface area contributed by atoms with Gasteiger partial charge < -0.3 is 21.1 Å². The number of amides is 1. The second kappa shape index (κ2) is 9.00. The summed E-state index contributed by atoms with van der Waals surface area (Å²) in [4.78, 5) is 20.0. The molecule has 146 valence electrons. The van der Waals surface area contributed by atoms with Crippen molar-refractivity contribution in [1.29, 1.82) is 5.26 Å². The van der Waals surface area contributed by atoms with E-state index in [-0.39, 0.29) is 30.1 Å². The van der Waals surface area contributed by atoms with E-state index in [0.717, 1.165) is 44.9 Å². The van der Waals surface area contributed by atoms with Crippen LogP contribution in [0.4, 0.5) is 11.8 Å². The molecule has 3 rings (SSSR count). The molecule has 2 aliphatic rings. The maximum Gasteiger partial charge on any atom is 0.224 e. The van der Waals surface area contributed by atoms with Crippen molar-refractivity contribution in [2.75, 3.05) is 10.6 Å². The fourth-order valence-corrected chi connectivity index (χ4v) is 3.98. The van der Waals surface area contributed by atoms with Crippen molar-refractivity contribution in [3.8, 4) is 6.07 Å². The van der Waals surface area contributed by atoms with Gasteiger partial charge in [0.1, 0.15) is 17.5 Å². The number of nitrogens with one attached hydrogen (secondary N) is 3. The van der Waals surface area contributed by atoms with Gasteiger partial charge in [-0.1, -0.05) is 0 Å². The summed E-state index contributed by atoms with van der Waals surface area (Å²) in [6, 6.07) is 2.76. The van der Waals surface area contributed by atoms with Gasteiger partial charge in [-0.15, -0.1) is 0 Å². The van der Waals surface area contributed by atoms with E-state index < -0.39 is 0 Å². The molecule has 2 aliphatic carbocycles. The monoisotopic (exact) mass is 372 g/mol. The van der Waals surface area contributed by atoms with Crippen molar-refractivity contribution >= 4 is 17.7 Å². The van der Waals surface area contributed by atoms with Gasteiger partial charge in [0.05, 0.1) is 12.3 Å². The average molecular weight is 372 g/mol. The number of hydrogen-bond acceptors (Lipinski definition) is 7. The standard InChI is InChI=1S/C19H28N6O2/c1-12(26)22-14-5-7-15(8-6-14)24-19-21-11-13(10-20)18(25-19)23-16-3-2-4-17(27)9-16/h11,14-17,27H,2-9H2,1H3,(H,22,26)(H2,21,23,24,25)/t14?,15?,16-,17-/m1/s1. The Morgan fingerprint density at radius 2 is 1.89 bits per heavy atom. The second-order valence-corrected chi connectivity index (χ2v) is 7.62. The molecule has 0 unspecified atom stereocenters. The Balaban J connectivity index is 1.60. The normalized spacial score (nSPS) is 28.0. The van der Waals surface area contributed by atoms with E-state index in [9.17, 15) is 15.2 Å². The summed E-state index contributed by atoms with van der Waals surface area (Å²) in [5.41, 5.74) is 0.412. The number of nitrogens with zero attached hydrogens (tertiary/aromatic N) is 3. The first-order valence-corrected chi connectivity index (χ1v) is 9.79. The molecule has 1 amide bonds. The first-order valence-electron chi connectivity index (χ1n) is 9.79. The third kappa shape index (κ3) is 5.54. The van der Waals surface area contributed by atoms with Crippen LogP contribution in [0.25, 0.3) is 0 Å². The Hall–Kier alpha value is -2.40. The van der Waals surface area contributed by atoms with Gasteiger partial charge in [-0.25, -0.2) is 4.98 Å². The third-order valence-corrected chi connectivity index (χ3v) is 5.36. The molecule has 0 saturated heterocycles. The minimum absolute atomic E-state index is 0.0189. The molecule has 1 aromatic rings. The topological polar surface area (TPSA) is 123 Å². The van der Waals surface area contributed by atoms with Gasteiger partial charge >= 0.3 is 0 Å². The molecule has 2 saturated carbocycles. The van der Waals surface area contributed by atoms with Crippen LogP contribution >= 0.6 is 0 Å². The van der Waals surface area contributed by atoms with Crippen LogP contribution < -0.4 is 16.0 Å². The molecule has 8 heteroatoms. The zero-order valence-corrected chi connectivity index (χ0v) is 15.7. The SMILES string of the molecule is CC(=O)NC1CCC(Nc2ncc(C#N)c(N[C@@H]3CCC[C@@H](O)C3)n2)CC1. The van der Waals surface area contributed by atoms with Crippen LogP contribution in [0.2, 0.25) is 0 Å². The third-order valence-electron chi connectivity index (χ3n) is 5.36. The van der Waals surface area contributed by atoms with Crippen molar-refractivity contribution in [1.82, 2.24) is 15.3 Å². The summed E-state index contributed by atoms with van der Waals surface area (Å²) in [5, 5.41) is 28.8. The van der Waals surface area contributed by atoms with Crippen LogP contribution in [0.15, 0.2) is 6.20 Å². The lowest BCUT2D eigenvalue weighted by Crippen LogP contribution is -2.39. The van der Waals surface area contributed by atoms with Gasteiger partial charge in [0.2, 0.25) is 11.9 Å². The minimum atomic E-state index is -0.292. The lowest BCUT2D eigenvalue weighted by Gasteiger charge is -2.30. The molecule has 0 bridgehead atoms. The van der Waals surface area contributed by atoms with Gasteiger partial charge in [-0.3, -0.25) is 4.79 Å². The Morgan fingerprint density at radius 1 is 1.15 bits per heavy atom. The number of anilines is 2. The summed E-state index contributed by atoms with van der Waals surface area (Å²) >= 11 is 0. The molecular formula is C19H28N6O2. The summed E-state index contributed by atoms with van der Waals surface area (Å²) < 4.78 is 0. The molecule has 0 aromatic carbocycles. The summed E-state index contributed by atoms with van der Waals surface area (Å²) in [7, 11) is 0. The fourth-order valence-electron chi connectivity index (χ4n) is 3.98. The summed E-state index contributed by atoms with van der Waals surface area (Å²) in [6.45, 7) is 1.55. The van der Waals surface area contributed by atoms with Crippen LogP contribution in [0.3, 0.4) is 0 Å². The molecular weight excluding hydrogens is 344 g/mol. The summed E-state index contributed by atoms with van der Waals surface area (Å²) in [5.74, 6) is 1.06. The highest BCUT2D eigenvalue weighted by Gasteiger charge is 2.24. The number of hydrogen-bond donors (Lipinski definition) is 4. The smallest absolute Gasteiger partial charge is 0.224 e. The number of aliphatic hydroxyl groups is 1. The first kappa shape index (κ1) is 19.4. The number of nitriles is 1. The average Bonchev–Trinajstić information content (AvgIpc) is 2.63. The largest absolute Gasteiger partial charge is 0.393 e. The van der Waals surface area contributed by atoms with E-state index in [1.807, 2.05) is 0 Å². The Labute approximate surface area is 159 Å². The van der Waals surface area contributed by atoms with Crippen molar-refractivity contribution in [2.24, 2.45) is 0 Å². The molecule has 2 fully saturated rings. The van der Waals surface area contributed by atoms with Crippen LogP contribution in [-0.4, -0.2) is 45.2 Å². The maximum absolute atomic E-state index is 11.2. The predicted molar refractivity (Wildman–Crippen MR) is 102 cm³/mol. The van der Waals surface area contributed by atoms with Crippen molar-refractivity contribution in [3.05, 3.63) is 11.8 Å². The highest BCUT2D eigenvalue weighted by Crippen LogP contribution is 2.25. The minimum Gasteiger partial charge on any atom is -0.393 e. The zero-order chi connectivity index (χ0) is 19.2. The van der Waals surface area contributed by atoms with Gasteiger partial charge in [-0.05, 0) is 51.4 Å². The molecule has 1 heterocycles. The van der Waals surface area contributed by atoms with Crippen molar-refractivity contribution in [2.45, 2.75) is 82.5 Å². The van der Waals surface area contributed by atoms with Crippen molar-refractivity contribution in [3.63, 3.8) is 0 Å². The van der Waals surface area contributed by atoms with Crippen LogP contribution in [0.5, 0.6) is 0 Å². The van der Waals surface area contributed by atoms with E-state index in [1.54, 1.807) is 13.1 Å². The zero-order valence-electron chi connectivity index (χ0n) is 15.7. The van der Waals surface area contributed by atoms with Crippen LogP contribution in [0, 0.1) is 11.3 Å². The van der Waals surface area contributed by atoms with E-state index >= 15 is 0 Å². The second-order valence-electron chi connectivity index (χ2n) is 7.62. The van der Waals surface area contributed by atoms with Gasteiger partial charge in [-0.2, -0.15) is 10.2 Å². The lowest BCUT2D eigenvalue weighted by molar-refractivity contribution is -0.119. The van der Waals surface area contributed by atoms with E-state index in [0.29, 0.717) is 23.8 Å². The number of carbonyl (C=O) groups is 1. The number of carbonyl (C=O) groups excluding carboxylic acids is 1.